The maximum absolute atomic E-state index is 14.8. The smallest absolute Gasteiger partial charge is 0.189 e. The number of halogens is 4. The minimum absolute atomic E-state index is 0.00594. The fourth-order valence-corrected chi connectivity index (χ4v) is 7.17. The highest BCUT2D eigenvalue weighted by Crippen LogP contribution is 2.41. The third kappa shape index (κ3) is 4.39. The van der Waals surface area contributed by atoms with Crippen LogP contribution in [0.3, 0.4) is 0 Å². The molecule has 3 aromatic rings. The third-order valence-corrected chi connectivity index (χ3v) is 9.37. The van der Waals surface area contributed by atoms with Crippen molar-refractivity contribution in [1.29, 1.82) is 0 Å². The van der Waals surface area contributed by atoms with E-state index in [1.807, 2.05) is 0 Å². The molecular formula is C21H17Cl2F2N2O3S2+. The fraction of sp³-hybridized carbons (Fsp3) is 0.190. The van der Waals surface area contributed by atoms with E-state index in [9.17, 15) is 21.4 Å². The van der Waals surface area contributed by atoms with E-state index in [1.165, 1.54) is 36.5 Å². The Bertz CT molecular complexity index is 1300. The van der Waals surface area contributed by atoms with E-state index in [1.54, 1.807) is 4.31 Å². The maximum atomic E-state index is 14.8. The Morgan fingerprint density at radius 1 is 1.03 bits per heavy atom. The van der Waals surface area contributed by atoms with Crippen molar-refractivity contribution in [3.8, 4) is 0 Å². The SMILES string of the molecule is O=[SH+]1CCCN1c1cc(C(c2cc(F)ccc2F)S(=O)(=O)c2ccc(Cl)cc2)c(Cl)cn1. The summed E-state index contributed by atoms with van der Waals surface area (Å²) in [6.07, 6.45) is 1.93. The van der Waals surface area contributed by atoms with E-state index in [4.69, 9.17) is 23.2 Å². The molecule has 0 aliphatic carbocycles. The average molecular weight is 518 g/mol. The molecule has 2 heterocycles. The first-order chi connectivity index (χ1) is 15.2. The summed E-state index contributed by atoms with van der Waals surface area (Å²) in [5.41, 5.74) is -0.392. The normalized spacial score (nSPS) is 17.5. The molecule has 5 nitrogen and oxygen atoms in total. The van der Waals surface area contributed by atoms with E-state index in [2.05, 4.69) is 4.98 Å². The zero-order chi connectivity index (χ0) is 23.0. The van der Waals surface area contributed by atoms with Gasteiger partial charge in [-0.1, -0.05) is 27.4 Å². The van der Waals surface area contributed by atoms with Crippen molar-refractivity contribution in [3.63, 3.8) is 0 Å². The molecule has 2 aromatic carbocycles. The lowest BCUT2D eigenvalue weighted by atomic mass is 10.0. The van der Waals surface area contributed by atoms with Gasteiger partial charge < -0.3 is 0 Å². The zero-order valence-corrected chi connectivity index (χ0v) is 19.6. The fourth-order valence-electron chi connectivity index (χ4n) is 3.58. The monoisotopic (exact) mass is 517 g/mol. The van der Waals surface area contributed by atoms with Crippen molar-refractivity contribution < 1.29 is 21.4 Å². The summed E-state index contributed by atoms with van der Waals surface area (Å²) in [7, 11) is -6.02. The standard InChI is InChI=1S/C21H16Cl2F2N2O3S2/c22-13-2-5-15(6-3-13)32(29,30)21(17-10-14(24)4-7-19(17)25)16-11-20(26-12-18(16)23)27-8-1-9-31(27)28/h2-7,10-12,21H,1,8-9H2/p+1. The molecule has 2 unspecified atom stereocenters. The second kappa shape index (κ2) is 9.05. The Morgan fingerprint density at radius 3 is 2.41 bits per heavy atom. The number of aromatic nitrogens is 1. The van der Waals surface area contributed by atoms with Gasteiger partial charge in [-0.15, -0.1) is 0 Å². The summed E-state index contributed by atoms with van der Waals surface area (Å²) >= 11 is 12.2. The molecule has 0 radical (unpaired) electrons. The number of nitrogens with zero attached hydrogens (tertiary/aromatic N) is 2. The second-order valence-corrected chi connectivity index (χ2v) is 11.7. The molecule has 1 fully saturated rings. The van der Waals surface area contributed by atoms with Crippen LogP contribution in [0.1, 0.15) is 22.8 Å². The molecule has 0 saturated carbocycles. The highest BCUT2D eigenvalue weighted by atomic mass is 35.5. The number of thiol groups is 1. The van der Waals surface area contributed by atoms with Crippen LogP contribution in [0.15, 0.2) is 59.6 Å². The molecule has 0 bridgehead atoms. The lowest BCUT2D eigenvalue weighted by Crippen LogP contribution is -2.22. The Balaban J connectivity index is 1.95. The van der Waals surface area contributed by atoms with Gasteiger partial charge in [0.2, 0.25) is 0 Å². The highest BCUT2D eigenvalue weighted by molar-refractivity contribution is 7.92. The molecule has 1 saturated heterocycles. The van der Waals surface area contributed by atoms with Gasteiger partial charge in [0.15, 0.2) is 26.6 Å². The van der Waals surface area contributed by atoms with Gasteiger partial charge in [-0.25, -0.2) is 22.2 Å². The van der Waals surface area contributed by atoms with Crippen molar-refractivity contribution in [2.45, 2.75) is 16.6 Å². The van der Waals surface area contributed by atoms with Crippen molar-refractivity contribution in [2.24, 2.45) is 0 Å². The largest absolute Gasteiger partial charge is 0.234 e. The molecule has 11 heteroatoms. The number of anilines is 1. The Kier molecular flexibility index (Phi) is 6.53. The van der Waals surface area contributed by atoms with Gasteiger partial charge in [-0.3, -0.25) is 0 Å². The molecule has 1 aromatic heterocycles. The summed E-state index contributed by atoms with van der Waals surface area (Å²) in [5, 5.41) is -1.40. The van der Waals surface area contributed by atoms with E-state index in [0.29, 0.717) is 23.7 Å². The van der Waals surface area contributed by atoms with Crippen LogP contribution in [0.4, 0.5) is 14.6 Å². The van der Waals surface area contributed by atoms with Crippen molar-refractivity contribution in [2.75, 3.05) is 16.6 Å². The van der Waals surface area contributed by atoms with Crippen molar-refractivity contribution in [3.05, 3.63) is 87.5 Å². The molecule has 2 atom stereocenters. The first kappa shape index (κ1) is 23.1. The van der Waals surface area contributed by atoms with Gasteiger partial charge in [-0.05, 0) is 54.1 Å². The Hall–Kier alpha value is -2.07. The van der Waals surface area contributed by atoms with Gasteiger partial charge in [0.1, 0.15) is 22.6 Å². The molecule has 4 rings (SSSR count). The molecule has 0 N–H and O–H groups in total. The number of rotatable bonds is 5. The highest BCUT2D eigenvalue weighted by Gasteiger charge is 2.36. The summed E-state index contributed by atoms with van der Waals surface area (Å²) in [5.74, 6) is -0.961. The van der Waals surface area contributed by atoms with Gasteiger partial charge in [0.25, 0.3) is 0 Å². The van der Waals surface area contributed by atoms with Crippen LogP contribution in [0, 0.1) is 11.6 Å². The van der Waals surface area contributed by atoms with E-state index in [0.717, 1.165) is 18.2 Å². The topological polar surface area (TPSA) is 67.3 Å². The quantitative estimate of drug-likeness (QED) is 0.350. The van der Waals surface area contributed by atoms with Crippen LogP contribution in [0.2, 0.25) is 10.0 Å². The first-order valence-corrected chi connectivity index (χ1v) is 13.2. The number of hydrogen-bond donors (Lipinski definition) is 0. The summed E-state index contributed by atoms with van der Waals surface area (Å²) < 4.78 is 70.1. The van der Waals surface area contributed by atoms with Gasteiger partial charge >= 0.3 is 0 Å². The first-order valence-electron chi connectivity index (χ1n) is 9.50. The summed E-state index contributed by atoms with van der Waals surface area (Å²) in [6, 6.07) is 9.33. The number of benzene rings is 2. The van der Waals surface area contributed by atoms with E-state index in [-0.39, 0.29) is 21.3 Å². The molecule has 1 aliphatic rings. The van der Waals surface area contributed by atoms with Gasteiger partial charge in [0.05, 0.1) is 16.5 Å². The van der Waals surface area contributed by atoms with Crippen LogP contribution in [0.25, 0.3) is 0 Å². The van der Waals surface area contributed by atoms with Gasteiger partial charge in [0, 0.05) is 23.2 Å². The molecule has 0 spiro atoms. The maximum Gasteiger partial charge on any atom is 0.189 e. The number of hydrogen-bond acceptors (Lipinski definition) is 4. The molecule has 32 heavy (non-hydrogen) atoms. The van der Waals surface area contributed by atoms with Crippen LogP contribution in [0.5, 0.6) is 0 Å². The predicted molar refractivity (Wildman–Crippen MR) is 122 cm³/mol. The van der Waals surface area contributed by atoms with Crippen LogP contribution >= 0.6 is 23.2 Å². The van der Waals surface area contributed by atoms with Crippen LogP contribution in [-0.4, -0.2) is 25.7 Å². The van der Waals surface area contributed by atoms with E-state index >= 15 is 0 Å². The van der Waals surface area contributed by atoms with Crippen molar-refractivity contribution in [1.82, 2.24) is 4.98 Å². The Labute approximate surface area is 196 Å². The molecule has 0 amide bonds. The summed E-state index contributed by atoms with van der Waals surface area (Å²) in [6.45, 7) is 0.478. The third-order valence-electron chi connectivity index (χ3n) is 5.10. The minimum Gasteiger partial charge on any atom is -0.234 e. The number of pyridine rings is 1. The lowest BCUT2D eigenvalue weighted by molar-refractivity contribution is 0.569. The van der Waals surface area contributed by atoms with E-state index < -0.39 is 43.3 Å². The zero-order valence-electron chi connectivity index (χ0n) is 16.4. The predicted octanol–water partition coefficient (Wildman–Crippen LogP) is 5.05. The molecular weight excluding hydrogens is 501 g/mol. The molecule has 1 aliphatic heterocycles. The number of sulfone groups is 1. The summed E-state index contributed by atoms with van der Waals surface area (Å²) in [4.78, 5) is 4.04. The lowest BCUT2D eigenvalue weighted by Gasteiger charge is -2.22. The van der Waals surface area contributed by atoms with Gasteiger partial charge in [-0.2, -0.15) is 4.31 Å². The average Bonchev–Trinajstić information content (AvgIpc) is 3.18. The van der Waals surface area contributed by atoms with Crippen LogP contribution in [-0.2, 0) is 25.0 Å². The molecule has 168 valence electrons. The minimum atomic E-state index is -4.31. The van der Waals surface area contributed by atoms with Crippen LogP contribution < -0.4 is 4.31 Å². The Morgan fingerprint density at radius 2 is 1.75 bits per heavy atom. The van der Waals surface area contributed by atoms with Crippen molar-refractivity contribution >= 4 is 49.8 Å². The second-order valence-electron chi connectivity index (χ2n) is 7.16.